The molecule has 4 rings (SSSR count). The zero-order chi connectivity index (χ0) is 21.0. The maximum absolute atomic E-state index is 13.3. The molecule has 3 heterocycles. The van der Waals surface area contributed by atoms with Crippen LogP contribution >= 0.6 is 0 Å². The SMILES string of the molecule is Cc1ccccc1CN1C(=O)C2C(=NC(n3nc(C)c(C)c3C)=[N+]2C)N(C)C1=O. The molecule has 0 N–H and O–H groups in total. The van der Waals surface area contributed by atoms with Gasteiger partial charge in [0.25, 0.3) is 5.91 Å². The Hall–Kier alpha value is -3.29. The van der Waals surface area contributed by atoms with Gasteiger partial charge in [-0.1, -0.05) is 29.3 Å². The minimum atomic E-state index is -0.652. The van der Waals surface area contributed by atoms with E-state index in [4.69, 9.17) is 0 Å². The summed E-state index contributed by atoms with van der Waals surface area (Å²) >= 11 is 0. The van der Waals surface area contributed by atoms with Crippen LogP contribution in [0, 0.1) is 27.7 Å². The number of nitrogens with zero attached hydrogens (tertiary/aromatic N) is 6. The number of hydrogen-bond acceptors (Lipinski definition) is 4. The minimum absolute atomic E-state index is 0.237. The molecular formula is C21H25N6O2+. The highest BCUT2D eigenvalue weighted by molar-refractivity contribution is 6.22. The molecule has 1 fully saturated rings. The standard InChI is InChI=1S/C21H25N6O2/c1-12-9-7-8-10-16(12)11-26-19(28)17-18(25(6)21(26)29)22-20(24(17)5)27-15(4)13(2)14(3)23-27/h7-10,17H,11H2,1-6H3/q+1. The van der Waals surface area contributed by atoms with E-state index in [2.05, 4.69) is 10.1 Å². The Morgan fingerprint density at radius 1 is 1.10 bits per heavy atom. The molecule has 150 valence electrons. The molecular weight excluding hydrogens is 368 g/mol. The monoisotopic (exact) mass is 393 g/mol. The first-order valence-electron chi connectivity index (χ1n) is 9.57. The molecule has 0 spiro atoms. The Morgan fingerprint density at radius 2 is 1.79 bits per heavy atom. The van der Waals surface area contributed by atoms with E-state index in [-0.39, 0.29) is 18.5 Å². The van der Waals surface area contributed by atoms with E-state index in [0.29, 0.717) is 11.8 Å². The summed E-state index contributed by atoms with van der Waals surface area (Å²) in [6, 6.07) is 6.75. The van der Waals surface area contributed by atoms with Crippen LogP contribution in [0.4, 0.5) is 4.79 Å². The summed E-state index contributed by atoms with van der Waals surface area (Å²) in [5.41, 5.74) is 4.95. The lowest BCUT2D eigenvalue weighted by Crippen LogP contribution is -2.62. The number of hydrogen-bond donors (Lipinski definition) is 0. The number of aliphatic imine (C=N–C) groups is 1. The number of amidine groups is 1. The lowest BCUT2D eigenvalue weighted by Gasteiger charge is -2.33. The van der Waals surface area contributed by atoms with Crippen molar-refractivity contribution < 1.29 is 14.2 Å². The highest BCUT2D eigenvalue weighted by Crippen LogP contribution is 2.23. The molecule has 1 saturated heterocycles. The van der Waals surface area contributed by atoms with Gasteiger partial charge in [0.15, 0.2) is 0 Å². The van der Waals surface area contributed by atoms with Crippen molar-refractivity contribution in [2.24, 2.45) is 4.99 Å². The molecule has 3 amide bonds. The molecule has 1 unspecified atom stereocenters. The highest BCUT2D eigenvalue weighted by Gasteiger charge is 2.52. The van der Waals surface area contributed by atoms with Crippen molar-refractivity contribution in [2.75, 3.05) is 14.1 Å². The van der Waals surface area contributed by atoms with Gasteiger partial charge in [-0.05, 0) is 38.8 Å². The predicted molar refractivity (Wildman–Crippen MR) is 109 cm³/mol. The van der Waals surface area contributed by atoms with Crippen LogP contribution in [0.15, 0.2) is 29.3 Å². The van der Waals surface area contributed by atoms with Crippen LogP contribution in [-0.2, 0) is 11.3 Å². The van der Waals surface area contributed by atoms with Gasteiger partial charge in [-0.2, -0.15) is 0 Å². The van der Waals surface area contributed by atoms with Gasteiger partial charge >= 0.3 is 12.0 Å². The second-order valence-corrected chi connectivity index (χ2v) is 7.68. The summed E-state index contributed by atoms with van der Waals surface area (Å²) in [7, 11) is 3.48. The van der Waals surface area contributed by atoms with Gasteiger partial charge in [-0.25, -0.2) is 9.37 Å². The Balaban J connectivity index is 1.75. The molecule has 0 saturated carbocycles. The summed E-state index contributed by atoms with van der Waals surface area (Å²) in [6.45, 7) is 8.14. The highest BCUT2D eigenvalue weighted by atomic mass is 16.2. The van der Waals surface area contributed by atoms with Gasteiger partial charge in [0.2, 0.25) is 11.9 Å². The number of aromatic nitrogens is 2. The molecule has 29 heavy (non-hydrogen) atoms. The molecule has 0 aliphatic carbocycles. The quantitative estimate of drug-likeness (QED) is 0.731. The van der Waals surface area contributed by atoms with E-state index in [1.54, 1.807) is 16.3 Å². The average molecular weight is 393 g/mol. The van der Waals surface area contributed by atoms with Gasteiger partial charge in [-0.15, -0.1) is 9.78 Å². The van der Waals surface area contributed by atoms with Crippen molar-refractivity contribution >= 4 is 23.7 Å². The third-order valence-electron chi connectivity index (χ3n) is 5.96. The van der Waals surface area contributed by atoms with Gasteiger partial charge in [0.05, 0.1) is 19.3 Å². The number of imide groups is 1. The van der Waals surface area contributed by atoms with Crippen molar-refractivity contribution in [3.8, 4) is 0 Å². The first-order valence-corrected chi connectivity index (χ1v) is 9.57. The molecule has 2 aliphatic heterocycles. The molecule has 0 bridgehead atoms. The normalized spacial score (nSPS) is 19.2. The summed E-state index contributed by atoms with van der Waals surface area (Å²) in [5.74, 6) is 0.707. The Morgan fingerprint density at radius 3 is 2.41 bits per heavy atom. The molecule has 2 aromatic rings. The van der Waals surface area contributed by atoms with Crippen LogP contribution in [0.25, 0.3) is 0 Å². The van der Waals surface area contributed by atoms with Crippen molar-refractivity contribution in [2.45, 2.75) is 40.3 Å². The van der Waals surface area contributed by atoms with E-state index in [1.165, 1.54) is 9.80 Å². The number of urea groups is 1. The van der Waals surface area contributed by atoms with Gasteiger partial charge in [0.1, 0.15) is 5.69 Å². The van der Waals surface area contributed by atoms with Crippen molar-refractivity contribution in [3.63, 3.8) is 0 Å². The van der Waals surface area contributed by atoms with Crippen LogP contribution in [0.1, 0.15) is 28.1 Å². The zero-order valence-electron chi connectivity index (χ0n) is 17.6. The second-order valence-electron chi connectivity index (χ2n) is 7.68. The van der Waals surface area contributed by atoms with E-state index in [0.717, 1.165) is 28.1 Å². The fraction of sp³-hybridized carbons (Fsp3) is 0.381. The van der Waals surface area contributed by atoms with E-state index >= 15 is 0 Å². The van der Waals surface area contributed by atoms with Crippen LogP contribution < -0.4 is 0 Å². The molecule has 1 aromatic carbocycles. The first-order chi connectivity index (χ1) is 13.7. The summed E-state index contributed by atoms with van der Waals surface area (Å²) in [5, 5.41) is 4.57. The molecule has 1 aromatic heterocycles. The maximum Gasteiger partial charge on any atom is 0.421 e. The zero-order valence-corrected chi connectivity index (χ0v) is 17.6. The fourth-order valence-electron chi connectivity index (χ4n) is 3.80. The van der Waals surface area contributed by atoms with Crippen LogP contribution in [0.5, 0.6) is 0 Å². The van der Waals surface area contributed by atoms with Crippen molar-refractivity contribution in [3.05, 3.63) is 52.3 Å². The number of carbonyl (C=O) groups excluding carboxylic acids is 2. The third kappa shape index (κ3) is 2.78. The fourth-order valence-corrected chi connectivity index (χ4v) is 3.80. The first kappa shape index (κ1) is 19.0. The largest absolute Gasteiger partial charge is 0.421 e. The lowest BCUT2D eigenvalue weighted by atomic mass is 10.1. The van der Waals surface area contributed by atoms with Crippen LogP contribution in [0.2, 0.25) is 0 Å². The van der Waals surface area contributed by atoms with E-state index in [9.17, 15) is 9.59 Å². The number of benzene rings is 1. The number of rotatable bonds is 2. The minimum Gasteiger partial charge on any atom is -0.270 e. The van der Waals surface area contributed by atoms with Crippen molar-refractivity contribution in [1.82, 2.24) is 19.6 Å². The Bertz CT molecular complexity index is 1110. The molecule has 8 heteroatoms. The van der Waals surface area contributed by atoms with E-state index < -0.39 is 6.04 Å². The molecule has 2 aliphatic rings. The second kappa shape index (κ2) is 6.65. The Labute approximate surface area is 169 Å². The number of amides is 3. The summed E-state index contributed by atoms with van der Waals surface area (Å²) in [6.07, 6.45) is 0. The maximum atomic E-state index is 13.3. The summed E-state index contributed by atoms with van der Waals surface area (Å²) in [4.78, 5) is 33.7. The van der Waals surface area contributed by atoms with Crippen LogP contribution in [0.3, 0.4) is 0 Å². The van der Waals surface area contributed by atoms with E-state index in [1.807, 2.05) is 59.0 Å². The smallest absolute Gasteiger partial charge is 0.270 e. The number of likely N-dealkylation sites (N-methyl/N-ethyl adjacent to an activating group) is 2. The van der Waals surface area contributed by atoms with Crippen molar-refractivity contribution in [1.29, 1.82) is 0 Å². The Kier molecular flexibility index (Phi) is 4.37. The van der Waals surface area contributed by atoms with Gasteiger partial charge < -0.3 is 0 Å². The molecule has 1 atom stereocenters. The predicted octanol–water partition coefficient (Wildman–Crippen LogP) is 1.84. The number of aryl methyl sites for hydroxylation is 2. The molecule has 8 nitrogen and oxygen atoms in total. The third-order valence-corrected chi connectivity index (χ3v) is 5.96. The number of fused-ring (bicyclic) bond motifs is 1. The lowest BCUT2D eigenvalue weighted by molar-refractivity contribution is -0.507. The topological polar surface area (TPSA) is 73.8 Å². The molecule has 0 radical (unpaired) electrons. The number of carbonyl (C=O) groups is 2. The summed E-state index contributed by atoms with van der Waals surface area (Å²) < 4.78 is 3.54. The van der Waals surface area contributed by atoms with Crippen LogP contribution in [-0.4, -0.2) is 68.0 Å². The van der Waals surface area contributed by atoms with Gasteiger partial charge in [0, 0.05) is 12.6 Å². The van der Waals surface area contributed by atoms with Gasteiger partial charge in [-0.3, -0.25) is 14.6 Å². The average Bonchev–Trinajstić information content (AvgIpc) is 3.16.